The molecule has 146 valence electrons. The molecule has 1 aromatic rings. The quantitative estimate of drug-likeness (QED) is 0.602. The average molecular weight is 366 g/mol. The highest BCUT2D eigenvalue weighted by atomic mass is 16.5. The fourth-order valence-electron chi connectivity index (χ4n) is 2.55. The Hall–Kier alpha value is -2.28. The standard InChI is InChI=1S/C19H30N2O5/c1-14(2)12-21(9-8-19(23)26-5)13-18(22)20-11-15-6-7-16(24-3)17(10-15)25-4/h6-7,10,14H,8-9,11-13H2,1-5H3,(H,20,22). The summed E-state index contributed by atoms with van der Waals surface area (Å²) in [6.07, 6.45) is 0.270. The molecule has 7 heteroatoms. The molecule has 0 atom stereocenters. The van der Waals surface area contributed by atoms with Gasteiger partial charge in [-0.3, -0.25) is 14.5 Å². The molecule has 0 unspecified atom stereocenters. The number of hydrogen-bond donors (Lipinski definition) is 1. The molecule has 26 heavy (non-hydrogen) atoms. The maximum Gasteiger partial charge on any atom is 0.306 e. The number of hydrogen-bond acceptors (Lipinski definition) is 6. The van der Waals surface area contributed by atoms with Gasteiger partial charge in [-0.05, 0) is 23.6 Å². The zero-order valence-corrected chi connectivity index (χ0v) is 16.3. The number of benzene rings is 1. The van der Waals surface area contributed by atoms with Gasteiger partial charge in [0, 0.05) is 19.6 Å². The molecule has 0 aliphatic carbocycles. The van der Waals surface area contributed by atoms with Gasteiger partial charge in [-0.25, -0.2) is 0 Å². The Morgan fingerprint density at radius 1 is 1.12 bits per heavy atom. The Morgan fingerprint density at radius 3 is 2.38 bits per heavy atom. The van der Waals surface area contributed by atoms with Gasteiger partial charge in [0.15, 0.2) is 11.5 Å². The minimum absolute atomic E-state index is 0.0923. The Labute approximate surface area is 155 Å². The minimum atomic E-state index is -0.274. The van der Waals surface area contributed by atoms with Gasteiger partial charge in [0.2, 0.25) is 5.91 Å². The van der Waals surface area contributed by atoms with Crippen LogP contribution in [0.4, 0.5) is 0 Å². The van der Waals surface area contributed by atoms with Gasteiger partial charge in [-0.15, -0.1) is 0 Å². The van der Waals surface area contributed by atoms with Crippen LogP contribution in [0, 0.1) is 5.92 Å². The minimum Gasteiger partial charge on any atom is -0.493 e. The molecule has 1 aromatic carbocycles. The largest absolute Gasteiger partial charge is 0.493 e. The summed E-state index contributed by atoms with van der Waals surface area (Å²) in [7, 11) is 4.52. The fraction of sp³-hybridized carbons (Fsp3) is 0.579. The third-order valence-electron chi connectivity index (χ3n) is 3.79. The van der Waals surface area contributed by atoms with Gasteiger partial charge >= 0.3 is 5.97 Å². The van der Waals surface area contributed by atoms with E-state index in [4.69, 9.17) is 9.47 Å². The lowest BCUT2D eigenvalue weighted by molar-refractivity contribution is -0.141. The average Bonchev–Trinajstić information content (AvgIpc) is 2.63. The molecule has 0 radical (unpaired) electrons. The van der Waals surface area contributed by atoms with E-state index in [1.54, 1.807) is 14.2 Å². The first-order valence-corrected chi connectivity index (χ1v) is 8.66. The van der Waals surface area contributed by atoms with Gasteiger partial charge in [-0.2, -0.15) is 0 Å². The first-order valence-electron chi connectivity index (χ1n) is 8.66. The SMILES string of the molecule is COC(=O)CCN(CC(=O)NCc1ccc(OC)c(OC)c1)CC(C)C. The van der Waals surface area contributed by atoms with Crippen molar-refractivity contribution in [2.45, 2.75) is 26.8 Å². The maximum absolute atomic E-state index is 12.3. The highest BCUT2D eigenvalue weighted by Crippen LogP contribution is 2.27. The second-order valence-corrected chi connectivity index (χ2v) is 6.42. The summed E-state index contributed by atoms with van der Waals surface area (Å²) in [5.74, 6) is 1.30. The second-order valence-electron chi connectivity index (χ2n) is 6.42. The predicted molar refractivity (Wildman–Crippen MR) is 99.3 cm³/mol. The van der Waals surface area contributed by atoms with Crippen molar-refractivity contribution < 1.29 is 23.8 Å². The zero-order valence-electron chi connectivity index (χ0n) is 16.3. The molecule has 1 rings (SSSR count). The van der Waals surface area contributed by atoms with Crippen LogP contribution in [0.1, 0.15) is 25.8 Å². The van der Waals surface area contributed by atoms with Crippen LogP contribution in [-0.2, 0) is 20.9 Å². The lowest BCUT2D eigenvalue weighted by atomic mass is 10.2. The molecule has 0 bridgehead atoms. The van der Waals surface area contributed by atoms with Crippen LogP contribution in [0.25, 0.3) is 0 Å². The van der Waals surface area contributed by atoms with Crippen molar-refractivity contribution in [3.8, 4) is 11.5 Å². The molecule has 0 aliphatic rings. The van der Waals surface area contributed by atoms with Crippen LogP contribution in [0.2, 0.25) is 0 Å². The van der Waals surface area contributed by atoms with E-state index < -0.39 is 0 Å². The number of rotatable bonds is 11. The molecule has 0 saturated carbocycles. The Morgan fingerprint density at radius 2 is 1.81 bits per heavy atom. The molecule has 0 heterocycles. The number of carbonyl (C=O) groups is 2. The monoisotopic (exact) mass is 366 g/mol. The van der Waals surface area contributed by atoms with Crippen LogP contribution >= 0.6 is 0 Å². The molecular weight excluding hydrogens is 336 g/mol. The number of nitrogens with one attached hydrogen (secondary N) is 1. The molecule has 0 fully saturated rings. The van der Waals surface area contributed by atoms with Crippen LogP contribution < -0.4 is 14.8 Å². The number of methoxy groups -OCH3 is 3. The lowest BCUT2D eigenvalue weighted by Crippen LogP contribution is -2.39. The molecule has 1 amide bonds. The van der Waals surface area contributed by atoms with E-state index in [9.17, 15) is 9.59 Å². The Bertz CT molecular complexity index is 589. The molecule has 0 saturated heterocycles. The van der Waals surface area contributed by atoms with Gasteiger partial charge in [0.1, 0.15) is 0 Å². The van der Waals surface area contributed by atoms with E-state index in [0.717, 1.165) is 12.1 Å². The van der Waals surface area contributed by atoms with Gasteiger partial charge < -0.3 is 19.5 Å². The molecule has 0 aromatic heterocycles. The number of ether oxygens (including phenoxy) is 3. The summed E-state index contributed by atoms with van der Waals surface area (Å²) >= 11 is 0. The summed E-state index contributed by atoms with van der Waals surface area (Å²) in [6.45, 7) is 6.02. The zero-order chi connectivity index (χ0) is 19.5. The normalized spacial score (nSPS) is 10.7. The predicted octanol–water partition coefficient (Wildman–Crippen LogP) is 1.84. The molecule has 1 N–H and O–H groups in total. The van der Waals surface area contributed by atoms with E-state index in [2.05, 4.69) is 23.9 Å². The van der Waals surface area contributed by atoms with Crippen LogP contribution in [-0.4, -0.2) is 57.7 Å². The Balaban J connectivity index is 2.57. The van der Waals surface area contributed by atoms with Crippen molar-refractivity contribution >= 4 is 11.9 Å². The number of esters is 1. The van der Waals surface area contributed by atoms with E-state index in [1.165, 1.54) is 7.11 Å². The van der Waals surface area contributed by atoms with Crippen molar-refractivity contribution in [1.82, 2.24) is 10.2 Å². The van der Waals surface area contributed by atoms with Crippen LogP contribution in [0.15, 0.2) is 18.2 Å². The topological polar surface area (TPSA) is 77.1 Å². The summed E-state index contributed by atoms with van der Waals surface area (Å²) < 4.78 is 15.1. The first kappa shape index (κ1) is 21.8. The van der Waals surface area contributed by atoms with Crippen molar-refractivity contribution in [2.75, 3.05) is 41.0 Å². The lowest BCUT2D eigenvalue weighted by Gasteiger charge is -2.23. The van der Waals surface area contributed by atoms with Crippen molar-refractivity contribution in [2.24, 2.45) is 5.92 Å². The van der Waals surface area contributed by atoms with E-state index in [0.29, 0.717) is 30.5 Å². The van der Waals surface area contributed by atoms with Gasteiger partial charge in [-0.1, -0.05) is 19.9 Å². The maximum atomic E-state index is 12.3. The van der Waals surface area contributed by atoms with Crippen molar-refractivity contribution in [3.05, 3.63) is 23.8 Å². The molecule has 0 spiro atoms. The summed E-state index contributed by atoms with van der Waals surface area (Å²) in [5, 5.41) is 2.90. The fourth-order valence-corrected chi connectivity index (χ4v) is 2.55. The van der Waals surface area contributed by atoms with Crippen molar-refractivity contribution in [3.63, 3.8) is 0 Å². The number of carbonyl (C=O) groups excluding carboxylic acids is 2. The summed E-state index contributed by atoms with van der Waals surface area (Å²) in [5.41, 5.74) is 0.918. The first-order chi connectivity index (χ1) is 12.4. The third-order valence-corrected chi connectivity index (χ3v) is 3.79. The van der Waals surface area contributed by atoms with E-state index >= 15 is 0 Å². The van der Waals surface area contributed by atoms with E-state index in [1.807, 2.05) is 23.1 Å². The molecule has 7 nitrogen and oxygen atoms in total. The highest BCUT2D eigenvalue weighted by Gasteiger charge is 2.14. The number of nitrogens with zero attached hydrogens (tertiary/aromatic N) is 1. The summed E-state index contributed by atoms with van der Waals surface area (Å²) in [4.78, 5) is 25.6. The van der Waals surface area contributed by atoms with E-state index in [-0.39, 0.29) is 24.8 Å². The van der Waals surface area contributed by atoms with Gasteiger partial charge in [0.25, 0.3) is 0 Å². The Kier molecular flexibility index (Phi) is 9.51. The molecule has 0 aliphatic heterocycles. The molecular formula is C19H30N2O5. The van der Waals surface area contributed by atoms with Gasteiger partial charge in [0.05, 0.1) is 34.3 Å². The van der Waals surface area contributed by atoms with Crippen LogP contribution in [0.3, 0.4) is 0 Å². The third kappa shape index (κ3) is 7.74. The number of amides is 1. The highest BCUT2D eigenvalue weighted by molar-refractivity contribution is 5.78. The summed E-state index contributed by atoms with van der Waals surface area (Å²) in [6, 6.07) is 5.52. The van der Waals surface area contributed by atoms with Crippen LogP contribution in [0.5, 0.6) is 11.5 Å². The van der Waals surface area contributed by atoms with Crippen molar-refractivity contribution in [1.29, 1.82) is 0 Å². The second kappa shape index (κ2) is 11.4. The smallest absolute Gasteiger partial charge is 0.306 e.